The first kappa shape index (κ1) is 22.2. The smallest absolute Gasteiger partial charge is 0.284 e. The quantitative estimate of drug-likeness (QED) is 0.180. The minimum Gasteiger partial charge on any atom is -0.284 e. The van der Waals surface area contributed by atoms with Gasteiger partial charge in [0.15, 0.2) is 0 Å². The molecule has 0 aliphatic rings. The summed E-state index contributed by atoms with van der Waals surface area (Å²) in [6.45, 7) is -2.23. The minimum atomic E-state index is -5.20. The molecule has 134 valence electrons. The van der Waals surface area contributed by atoms with Crippen molar-refractivity contribution in [2.24, 2.45) is 0 Å². The Hall–Kier alpha value is 0.220. The Labute approximate surface area is 136 Å². The lowest BCUT2D eigenvalue weighted by Gasteiger charge is -2.10. The van der Waals surface area contributed by atoms with Gasteiger partial charge in [0.25, 0.3) is 28.3 Å². The van der Waals surface area contributed by atoms with Crippen LogP contribution in [0.3, 0.4) is 0 Å². The molecule has 0 aromatic heterocycles. The summed E-state index contributed by atoms with van der Waals surface area (Å²) in [5, 5.41) is 0. The van der Waals surface area contributed by atoms with E-state index in [4.69, 9.17) is 32.3 Å². The zero-order chi connectivity index (χ0) is 18.0. The Morgan fingerprint density at radius 2 is 0.909 bits per heavy atom. The third kappa shape index (κ3) is 6.77. The van der Waals surface area contributed by atoms with Crippen molar-refractivity contribution in [2.75, 3.05) is 13.2 Å². The Balaban J connectivity index is 4.71. The van der Waals surface area contributed by atoms with Gasteiger partial charge in [-0.3, -0.25) is 17.5 Å². The second kappa shape index (κ2) is 7.41. The van der Waals surface area contributed by atoms with Gasteiger partial charge in [-0.15, -0.1) is 0 Å². The number of rotatable bonds is 9. The van der Waals surface area contributed by atoms with Crippen LogP contribution in [0.5, 0.6) is 0 Å². The second-order valence-electron chi connectivity index (χ2n) is 3.21. The summed E-state index contributed by atoms with van der Waals surface area (Å²) in [5.41, 5.74) is 0. The molecule has 0 aliphatic carbocycles. The predicted octanol–water partition coefficient (Wildman–Crippen LogP) is -1.50. The number of alkyl halides is 2. The third-order valence-electron chi connectivity index (χ3n) is 1.50. The molecule has 0 spiro atoms. The fourth-order valence-corrected chi connectivity index (χ4v) is 4.54. The average molecular weight is 447 g/mol. The van der Waals surface area contributed by atoms with Gasteiger partial charge >= 0.3 is 20.2 Å². The van der Waals surface area contributed by atoms with Gasteiger partial charge in [-0.25, -0.2) is 0 Å². The van der Waals surface area contributed by atoms with Crippen LogP contribution in [-0.2, 0) is 48.8 Å². The Morgan fingerprint density at radius 1 is 0.682 bits per heavy atom. The van der Waals surface area contributed by atoms with E-state index in [1.54, 1.807) is 0 Å². The molecular weight excluding hydrogens is 439 g/mol. The molecular formula is C4H8Cl2O12S4. The molecule has 2 N–H and O–H groups in total. The highest BCUT2D eigenvalue weighted by Crippen LogP contribution is 2.17. The highest BCUT2D eigenvalue weighted by atomic mass is 35.5. The predicted molar refractivity (Wildman–Crippen MR) is 72.1 cm³/mol. The van der Waals surface area contributed by atoms with Gasteiger partial charge in [0.1, 0.15) is 0 Å². The van der Waals surface area contributed by atoms with E-state index < -0.39 is 61.8 Å². The van der Waals surface area contributed by atoms with Crippen LogP contribution in [0.4, 0.5) is 0 Å². The van der Waals surface area contributed by atoms with Crippen molar-refractivity contribution in [2.45, 2.75) is 8.08 Å². The van der Waals surface area contributed by atoms with E-state index in [-0.39, 0.29) is 0 Å². The zero-order valence-electron chi connectivity index (χ0n) is 9.93. The largest absolute Gasteiger partial charge is 0.301 e. The first-order valence-corrected chi connectivity index (χ1v) is 11.3. The van der Waals surface area contributed by atoms with Crippen LogP contribution >= 0.6 is 23.2 Å². The van der Waals surface area contributed by atoms with Crippen molar-refractivity contribution in [3.63, 3.8) is 0 Å². The molecule has 0 saturated heterocycles. The first-order chi connectivity index (χ1) is 9.52. The van der Waals surface area contributed by atoms with Crippen LogP contribution in [-0.4, -0.2) is 64.1 Å². The summed E-state index contributed by atoms with van der Waals surface area (Å²) in [4.78, 5) is 0. The summed E-state index contributed by atoms with van der Waals surface area (Å²) >= 11 is 9.77. The lowest BCUT2D eigenvalue weighted by molar-refractivity contribution is 0.225. The average Bonchev–Trinajstić information content (AvgIpc) is 2.30. The molecule has 0 bridgehead atoms. The number of halogens is 2. The van der Waals surface area contributed by atoms with Gasteiger partial charge in [-0.1, -0.05) is 23.2 Å². The van der Waals surface area contributed by atoms with Gasteiger partial charge < -0.3 is 0 Å². The van der Waals surface area contributed by atoms with Crippen molar-refractivity contribution in [1.29, 1.82) is 0 Å². The van der Waals surface area contributed by atoms with E-state index in [2.05, 4.69) is 8.37 Å². The van der Waals surface area contributed by atoms with Crippen molar-refractivity contribution in [3.05, 3.63) is 0 Å². The van der Waals surface area contributed by atoms with Crippen molar-refractivity contribution < 1.29 is 51.1 Å². The van der Waals surface area contributed by atoms with E-state index in [9.17, 15) is 33.7 Å². The minimum absolute atomic E-state index is 1.12. The summed E-state index contributed by atoms with van der Waals surface area (Å²) in [7, 11) is -20.5. The van der Waals surface area contributed by atoms with Crippen molar-refractivity contribution in [3.8, 4) is 0 Å². The summed E-state index contributed by atoms with van der Waals surface area (Å²) in [6, 6.07) is 0. The van der Waals surface area contributed by atoms with Crippen LogP contribution in [0.15, 0.2) is 0 Å². The van der Waals surface area contributed by atoms with E-state index in [1.165, 1.54) is 0 Å². The molecule has 22 heavy (non-hydrogen) atoms. The number of hydrogen-bond acceptors (Lipinski definition) is 10. The number of hydrogen-bond donors (Lipinski definition) is 2. The van der Waals surface area contributed by atoms with E-state index in [0.717, 1.165) is 0 Å². The third-order valence-corrected chi connectivity index (χ3v) is 9.87. The normalized spacial score (nSPS) is 17.1. The van der Waals surface area contributed by atoms with Crippen LogP contribution in [0, 0.1) is 0 Å². The maximum atomic E-state index is 11.1. The SMILES string of the molecule is O=S(=O)(O)C(Cl)S(=O)(=O)OCCOS(=O)(=O)C(Cl)S(=O)(=O)O. The molecule has 0 fully saturated rings. The van der Waals surface area contributed by atoms with Crippen LogP contribution in [0.25, 0.3) is 0 Å². The van der Waals surface area contributed by atoms with Gasteiger partial charge in [-0.2, -0.15) is 33.7 Å². The molecule has 18 heteroatoms. The Bertz CT molecular complexity index is 721. The van der Waals surface area contributed by atoms with Gasteiger partial charge in [0.2, 0.25) is 0 Å². The fourth-order valence-electron chi connectivity index (χ4n) is 0.705. The molecule has 0 aromatic rings. The van der Waals surface area contributed by atoms with E-state index in [0.29, 0.717) is 0 Å². The van der Waals surface area contributed by atoms with E-state index in [1.807, 2.05) is 0 Å². The molecule has 0 radical (unpaired) electrons. The Kier molecular flexibility index (Phi) is 7.48. The highest BCUT2D eigenvalue weighted by molar-refractivity contribution is 8.06. The molecule has 0 amide bonds. The van der Waals surface area contributed by atoms with Crippen molar-refractivity contribution in [1.82, 2.24) is 0 Å². The molecule has 2 unspecified atom stereocenters. The van der Waals surface area contributed by atoms with Gasteiger partial charge in [-0.05, 0) is 0 Å². The van der Waals surface area contributed by atoms with Crippen molar-refractivity contribution >= 4 is 63.7 Å². The molecule has 0 aliphatic heterocycles. The molecule has 0 saturated carbocycles. The Morgan fingerprint density at radius 3 is 1.09 bits per heavy atom. The molecule has 0 rings (SSSR count). The summed E-state index contributed by atoms with van der Waals surface area (Å²) in [5.74, 6) is 0. The van der Waals surface area contributed by atoms with Crippen LogP contribution in [0.1, 0.15) is 0 Å². The van der Waals surface area contributed by atoms with Crippen LogP contribution in [0.2, 0.25) is 0 Å². The monoisotopic (exact) mass is 446 g/mol. The topological polar surface area (TPSA) is 195 Å². The zero-order valence-corrected chi connectivity index (χ0v) is 14.7. The van der Waals surface area contributed by atoms with E-state index >= 15 is 0 Å². The highest BCUT2D eigenvalue weighted by Gasteiger charge is 2.37. The lowest BCUT2D eigenvalue weighted by Crippen LogP contribution is -2.29. The standard InChI is InChI=1S/C4H8Cl2O12S4/c5-3(19(7,8)9)21(13,14)17-1-2-18-22(15,16)4(6)20(10,11)12/h3-4H,1-2H2,(H,7,8,9)(H,10,11,12). The lowest BCUT2D eigenvalue weighted by atomic mass is 10.8. The molecule has 12 nitrogen and oxygen atoms in total. The second-order valence-corrected chi connectivity index (χ2v) is 12.1. The van der Waals surface area contributed by atoms with Gasteiger partial charge in [0.05, 0.1) is 13.2 Å². The maximum Gasteiger partial charge on any atom is 0.301 e. The summed E-state index contributed by atoms with van der Waals surface area (Å²) < 4.78 is 105. The van der Waals surface area contributed by atoms with Crippen LogP contribution < -0.4 is 0 Å². The van der Waals surface area contributed by atoms with Gasteiger partial charge in [0, 0.05) is 0 Å². The summed E-state index contributed by atoms with van der Waals surface area (Å²) in [6.07, 6.45) is 0. The fraction of sp³-hybridized carbons (Fsp3) is 1.00. The first-order valence-electron chi connectivity index (χ1n) is 4.49. The molecule has 0 heterocycles. The molecule has 2 atom stereocenters. The molecule has 0 aromatic carbocycles. The maximum absolute atomic E-state index is 11.1.